The van der Waals surface area contributed by atoms with Crippen molar-refractivity contribution >= 4 is 33.3 Å². The number of sulfonamides is 1. The van der Waals surface area contributed by atoms with Gasteiger partial charge in [0, 0.05) is 31.6 Å². The van der Waals surface area contributed by atoms with E-state index in [1.165, 1.54) is 6.42 Å². The number of urea groups is 1. The largest absolute Gasteiger partial charge is 0.385 e. The van der Waals surface area contributed by atoms with Gasteiger partial charge in [0.2, 0.25) is 5.91 Å². The first-order chi connectivity index (χ1) is 19.0. The predicted molar refractivity (Wildman–Crippen MR) is 159 cm³/mol. The Hall–Kier alpha value is -3.11. The SMILES string of the molecule is COCCCNC(=O)[C@@H](CC1CCCCC1)NC(=O)Nc1ccc(NS(=O)(=O)c2ccc(C(C)(C)C)cc2)cc1. The molecule has 3 amide bonds. The molecule has 1 fully saturated rings. The van der Waals surface area contributed by atoms with Crippen LogP contribution in [0.1, 0.15) is 71.3 Å². The van der Waals surface area contributed by atoms with Crippen LogP contribution in [0.25, 0.3) is 0 Å². The fourth-order valence-electron chi connectivity index (χ4n) is 4.83. The number of hydrogen-bond acceptors (Lipinski definition) is 5. The summed E-state index contributed by atoms with van der Waals surface area (Å²) in [7, 11) is -2.15. The number of ether oxygens (including phenoxy) is 1. The molecule has 1 aliphatic carbocycles. The van der Waals surface area contributed by atoms with E-state index in [0.717, 1.165) is 31.2 Å². The maximum atomic E-state index is 12.9. The number of anilines is 2. The summed E-state index contributed by atoms with van der Waals surface area (Å²) >= 11 is 0. The molecule has 1 saturated carbocycles. The molecule has 2 aromatic rings. The Morgan fingerprint density at radius 1 is 0.950 bits per heavy atom. The second-order valence-electron chi connectivity index (χ2n) is 11.5. The summed E-state index contributed by atoms with van der Waals surface area (Å²) in [6.07, 6.45) is 6.94. The summed E-state index contributed by atoms with van der Waals surface area (Å²) in [5.41, 5.74) is 1.82. The van der Waals surface area contributed by atoms with Crippen LogP contribution in [0.4, 0.5) is 16.2 Å². The van der Waals surface area contributed by atoms with Crippen LogP contribution < -0.4 is 20.7 Å². The molecule has 2 aromatic carbocycles. The van der Waals surface area contributed by atoms with Crippen molar-refractivity contribution in [2.75, 3.05) is 30.3 Å². The van der Waals surface area contributed by atoms with E-state index in [2.05, 4.69) is 41.4 Å². The van der Waals surface area contributed by atoms with E-state index in [-0.39, 0.29) is 16.2 Å². The summed E-state index contributed by atoms with van der Waals surface area (Å²) in [5.74, 6) is 0.206. The minimum Gasteiger partial charge on any atom is -0.385 e. The number of amides is 3. The Balaban J connectivity index is 1.58. The van der Waals surface area contributed by atoms with Crippen LogP contribution in [0.3, 0.4) is 0 Å². The molecular weight excluding hydrogens is 528 g/mol. The first-order valence-corrected chi connectivity index (χ1v) is 15.5. The van der Waals surface area contributed by atoms with Crippen molar-refractivity contribution in [3.63, 3.8) is 0 Å². The molecule has 0 saturated heterocycles. The summed E-state index contributed by atoms with van der Waals surface area (Å²) in [5, 5.41) is 8.50. The monoisotopic (exact) mass is 572 g/mol. The Morgan fingerprint density at radius 2 is 1.57 bits per heavy atom. The van der Waals surface area contributed by atoms with Gasteiger partial charge in [-0.25, -0.2) is 13.2 Å². The fourth-order valence-corrected chi connectivity index (χ4v) is 5.89. The Kier molecular flexibility index (Phi) is 11.4. The second kappa shape index (κ2) is 14.5. The molecule has 0 heterocycles. The zero-order chi connectivity index (χ0) is 29.2. The summed E-state index contributed by atoms with van der Waals surface area (Å²) in [4.78, 5) is 25.9. The van der Waals surface area contributed by atoms with Crippen LogP contribution in [0, 0.1) is 5.92 Å². The van der Waals surface area contributed by atoms with Crippen molar-refractivity contribution in [2.45, 2.75) is 82.1 Å². The van der Waals surface area contributed by atoms with E-state index < -0.39 is 22.1 Å². The van der Waals surface area contributed by atoms with Crippen molar-refractivity contribution in [1.82, 2.24) is 10.6 Å². The highest BCUT2D eigenvalue weighted by Crippen LogP contribution is 2.28. The minimum absolute atomic E-state index is 0.0748. The molecule has 1 atom stereocenters. The number of methoxy groups -OCH3 is 1. The average molecular weight is 573 g/mol. The molecule has 220 valence electrons. The molecule has 0 unspecified atom stereocenters. The molecule has 1 aliphatic rings. The van der Waals surface area contributed by atoms with E-state index >= 15 is 0 Å². The van der Waals surface area contributed by atoms with E-state index in [9.17, 15) is 18.0 Å². The number of carbonyl (C=O) groups is 2. The van der Waals surface area contributed by atoms with Gasteiger partial charge in [-0.05, 0) is 66.1 Å². The lowest BCUT2D eigenvalue weighted by Gasteiger charge is -2.26. The van der Waals surface area contributed by atoms with E-state index in [1.54, 1.807) is 43.5 Å². The third-order valence-electron chi connectivity index (χ3n) is 7.17. The molecule has 4 N–H and O–H groups in total. The predicted octanol–water partition coefficient (Wildman–Crippen LogP) is 5.40. The summed E-state index contributed by atoms with van der Waals surface area (Å²) in [6, 6.07) is 12.1. The molecule has 3 rings (SSSR count). The van der Waals surface area contributed by atoms with Crippen LogP contribution in [-0.2, 0) is 25.0 Å². The zero-order valence-electron chi connectivity index (χ0n) is 24.1. The van der Waals surface area contributed by atoms with Gasteiger partial charge in [0.15, 0.2) is 0 Å². The smallest absolute Gasteiger partial charge is 0.319 e. The van der Waals surface area contributed by atoms with Crippen LogP contribution in [-0.4, -0.2) is 46.7 Å². The number of benzene rings is 2. The molecule has 10 heteroatoms. The van der Waals surface area contributed by atoms with Gasteiger partial charge in [0.05, 0.1) is 4.90 Å². The highest BCUT2D eigenvalue weighted by atomic mass is 32.2. The third-order valence-corrected chi connectivity index (χ3v) is 8.56. The van der Waals surface area contributed by atoms with Crippen molar-refractivity contribution in [2.24, 2.45) is 5.92 Å². The Bertz CT molecular complexity index is 1200. The van der Waals surface area contributed by atoms with Crippen molar-refractivity contribution in [1.29, 1.82) is 0 Å². The minimum atomic E-state index is -3.76. The van der Waals surface area contributed by atoms with Crippen molar-refractivity contribution < 1.29 is 22.7 Å². The molecule has 0 spiro atoms. The second-order valence-corrected chi connectivity index (χ2v) is 13.2. The molecular formula is C30H44N4O5S. The third kappa shape index (κ3) is 9.82. The number of hydrogen-bond donors (Lipinski definition) is 4. The van der Waals surface area contributed by atoms with Gasteiger partial charge >= 0.3 is 6.03 Å². The van der Waals surface area contributed by atoms with Crippen LogP contribution in [0.15, 0.2) is 53.4 Å². The van der Waals surface area contributed by atoms with Crippen LogP contribution in [0.2, 0.25) is 0 Å². The average Bonchev–Trinajstić information content (AvgIpc) is 2.92. The zero-order valence-corrected chi connectivity index (χ0v) is 24.9. The normalized spacial score (nSPS) is 15.2. The molecule has 0 aliphatic heterocycles. The van der Waals surface area contributed by atoms with Gasteiger partial charge in [-0.1, -0.05) is 65.0 Å². The fraction of sp³-hybridized carbons (Fsp3) is 0.533. The molecule has 0 radical (unpaired) electrons. The molecule has 9 nitrogen and oxygen atoms in total. The molecule has 0 bridgehead atoms. The highest BCUT2D eigenvalue weighted by molar-refractivity contribution is 7.92. The van der Waals surface area contributed by atoms with E-state index in [4.69, 9.17) is 4.74 Å². The first-order valence-electron chi connectivity index (χ1n) is 14.1. The molecule has 0 aromatic heterocycles. The number of nitrogens with one attached hydrogen (secondary N) is 4. The van der Waals surface area contributed by atoms with Gasteiger partial charge in [-0.15, -0.1) is 0 Å². The van der Waals surface area contributed by atoms with Crippen molar-refractivity contribution in [3.8, 4) is 0 Å². The van der Waals surface area contributed by atoms with Crippen LogP contribution in [0.5, 0.6) is 0 Å². The van der Waals surface area contributed by atoms with Gasteiger partial charge in [-0.2, -0.15) is 0 Å². The Labute approximate surface area is 238 Å². The maximum Gasteiger partial charge on any atom is 0.319 e. The van der Waals surface area contributed by atoms with Crippen molar-refractivity contribution in [3.05, 3.63) is 54.1 Å². The lowest BCUT2D eigenvalue weighted by molar-refractivity contribution is -0.123. The van der Waals surface area contributed by atoms with Gasteiger partial charge < -0.3 is 20.7 Å². The van der Waals surface area contributed by atoms with Crippen LogP contribution >= 0.6 is 0 Å². The first kappa shape index (κ1) is 31.4. The van der Waals surface area contributed by atoms with Gasteiger partial charge in [-0.3, -0.25) is 9.52 Å². The highest BCUT2D eigenvalue weighted by Gasteiger charge is 2.26. The lowest BCUT2D eigenvalue weighted by Crippen LogP contribution is -2.49. The number of carbonyl (C=O) groups excluding carboxylic acids is 2. The standard InChI is InChI=1S/C30H44N4O5S/c1-30(2,3)23-11-17-26(18-12-23)40(37,38)34-25-15-13-24(14-16-25)32-29(36)33-27(21-22-9-6-5-7-10-22)28(35)31-19-8-20-39-4/h11-18,22,27,34H,5-10,19-21H2,1-4H3,(H,31,35)(H2,32,33,36)/t27-/m1/s1. The van der Waals surface area contributed by atoms with E-state index in [1.807, 2.05) is 12.1 Å². The summed E-state index contributed by atoms with van der Waals surface area (Å²) < 4.78 is 33.3. The maximum absolute atomic E-state index is 12.9. The van der Waals surface area contributed by atoms with Gasteiger partial charge in [0.25, 0.3) is 10.0 Å². The lowest BCUT2D eigenvalue weighted by atomic mass is 9.84. The topological polar surface area (TPSA) is 126 Å². The Morgan fingerprint density at radius 3 is 2.17 bits per heavy atom. The van der Waals surface area contributed by atoms with Gasteiger partial charge in [0.1, 0.15) is 6.04 Å². The summed E-state index contributed by atoms with van der Waals surface area (Å²) in [6.45, 7) is 7.24. The quantitative estimate of drug-likeness (QED) is 0.254. The molecule has 40 heavy (non-hydrogen) atoms. The van der Waals surface area contributed by atoms with E-state index in [0.29, 0.717) is 43.3 Å². The number of rotatable bonds is 12.